The van der Waals surface area contributed by atoms with Crippen LogP contribution in [-0.2, 0) is 0 Å². The molecular formula is C19H17ClN4O2. The van der Waals surface area contributed by atoms with Gasteiger partial charge in [0, 0.05) is 23.3 Å². The molecule has 0 aliphatic carbocycles. The number of nitrogens with zero attached hydrogens (tertiary/aromatic N) is 3. The molecule has 6 nitrogen and oxygen atoms in total. The molecule has 0 spiro atoms. The molecule has 2 aromatic carbocycles. The van der Waals surface area contributed by atoms with E-state index in [4.69, 9.17) is 16.3 Å². The maximum atomic E-state index is 10.0. The fourth-order valence-corrected chi connectivity index (χ4v) is 2.43. The zero-order valence-corrected chi connectivity index (χ0v) is 14.8. The average Bonchev–Trinajstić information content (AvgIpc) is 2.64. The van der Waals surface area contributed by atoms with Crippen LogP contribution in [0.4, 0.5) is 5.82 Å². The number of rotatable bonds is 6. The highest BCUT2D eigenvalue weighted by atomic mass is 35.5. The monoisotopic (exact) mass is 368 g/mol. The molecule has 3 rings (SSSR count). The van der Waals surface area contributed by atoms with Gasteiger partial charge in [0.15, 0.2) is 11.6 Å². The lowest BCUT2D eigenvalue weighted by atomic mass is 10.2. The molecule has 7 heteroatoms. The third-order valence-corrected chi connectivity index (χ3v) is 3.62. The molecule has 3 aromatic rings. The number of aromatic hydroxyl groups is 1. The molecule has 2 N–H and O–H groups in total. The minimum Gasteiger partial charge on any atom is -0.507 e. The summed E-state index contributed by atoms with van der Waals surface area (Å²) in [7, 11) is 0. The molecule has 0 unspecified atom stereocenters. The highest BCUT2D eigenvalue weighted by Crippen LogP contribution is 2.23. The van der Waals surface area contributed by atoms with Crippen molar-refractivity contribution in [2.75, 3.05) is 12.0 Å². The van der Waals surface area contributed by atoms with Crippen LogP contribution in [0.1, 0.15) is 12.5 Å². The van der Waals surface area contributed by atoms with E-state index in [0.717, 1.165) is 5.56 Å². The minimum absolute atomic E-state index is 0.0761. The number of halogens is 1. The van der Waals surface area contributed by atoms with E-state index in [1.54, 1.807) is 24.3 Å². The third-order valence-electron chi connectivity index (χ3n) is 3.42. The van der Waals surface area contributed by atoms with Crippen LogP contribution in [0, 0.1) is 0 Å². The van der Waals surface area contributed by atoms with Crippen LogP contribution in [0.2, 0.25) is 5.15 Å². The molecule has 0 aliphatic rings. The Balaban J connectivity index is 1.75. The Morgan fingerprint density at radius 1 is 1.15 bits per heavy atom. The van der Waals surface area contributed by atoms with Gasteiger partial charge in [0.1, 0.15) is 16.7 Å². The van der Waals surface area contributed by atoms with E-state index < -0.39 is 0 Å². The van der Waals surface area contributed by atoms with Crippen molar-refractivity contribution in [2.24, 2.45) is 5.10 Å². The molecule has 0 fully saturated rings. The van der Waals surface area contributed by atoms with Crippen LogP contribution in [0.15, 0.2) is 59.7 Å². The minimum atomic E-state index is 0.0761. The highest BCUT2D eigenvalue weighted by molar-refractivity contribution is 6.29. The molecule has 0 saturated carbocycles. The predicted molar refractivity (Wildman–Crippen MR) is 103 cm³/mol. The van der Waals surface area contributed by atoms with Crippen LogP contribution in [0.5, 0.6) is 11.5 Å². The second-order valence-corrected chi connectivity index (χ2v) is 5.68. The first kappa shape index (κ1) is 17.7. The van der Waals surface area contributed by atoms with E-state index in [0.29, 0.717) is 34.7 Å². The lowest BCUT2D eigenvalue weighted by Gasteiger charge is -2.06. The van der Waals surface area contributed by atoms with Gasteiger partial charge in [0.05, 0.1) is 12.8 Å². The number of anilines is 1. The molecule has 1 aromatic heterocycles. The summed E-state index contributed by atoms with van der Waals surface area (Å²) in [5, 5.41) is 14.4. The molecule has 26 heavy (non-hydrogen) atoms. The Hall–Kier alpha value is -3.12. The summed E-state index contributed by atoms with van der Waals surface area (Å²) in [4.78, 5) is 8.61. The molecule has 0 aliphatic heterocycles. The Morgan fingerprint density at radius 3 is 2.69 bits per heavy atom. The fourth-order valence-electron chi connectivity index (χ4n) is 2.25. The first-order valence-corrected chi connectivity index (χ1v) is 8.38. The largest absolute Gasteiger partial charge is 0.507 e. The highest BCUT2D eigenvalue weighted by Gasteiger charge is 2.05. The number of hydrogen-bond acceptors (Lipinski definition) is 6. The summed E-state index contributed by atoms with van der Waals surface area (Å²) in [6, 6.07) is 16.1. The number of ether oxygens (including phenoxy) is 1. The molecular weight excluding hydrogens is 352 g/mol. The maximum absolute atomic E-state index is 10.0. The zero-order valence-electron chi connectivity index (χ0n) is 14.1. The maximum Gasteiger partial charge on any atom is 0.163 e. The first-order chi connectivity index (χ1) is 12.7. The second-order valence-electron chi connectivity index (χ2n) is 5.29. The number of phenols is 1. The topological polar surface area (TPSA) is 79.6 Å². The second kappa shape index (κ2) is 8.31. The van der Waals surface area contributed by atoms with Crippen molar-refractivity contribution in [3.05, 3.63) is 65.3 Å². The Labute approximate surface area is 156 Å². The van der Waals surface area contributed by atoms with E-state index in [2.05, 4.69) is 20.5 Å². The summed E-state index contributed by atoms with van der Waals surface area (Å²) in [5.74, 6) is 1.63. The van der Waals surface area contributed by atoms with Gasteiger partial charge in [0.2, 0.25) is 0 Å². The van der Waals surface area contributed by atoms with Gasteiger partial charge in [-0.25, -0.2) is 9.97 Å². The van der Waals surface area contributed by atoms with Gasteiger partial charge in [-0.2, -0.15) is 5.10 Å². The van der Waals surface area contributed by atoms with Gasteiger partial charge in [-0.1, -0.05) is 41.9 Å². The number of phenolic OH excluding ortho intramolecular Hbond substituents is 1. The Morgan fingerprint density at radius 2 is 1.96 bits per heavy atom. The quantitative estimate of drug-likeness (QED) is 0.384. The summed E-state index contributed by atoms with van der Waals surface area (Å²) in [6.07, 6.45) is 1.49. The number of nitrogens with one attached hydrogen (secondary N) is 1. The van der Waals surface area contributed by atoms with Crippen molar-refractivity contribution < 1.29 is 9.84 Å². The molecule has 0 atom stereocenters. The average molecular weight is 369 g/mol. The van der Waals surface area contributed by atoms with E-state index in [1.807, 2.05) is 37.3 Å². The van der Waals surface area contributed by atoms with Crippen molar-refractivity contribution in [3.8, 4) is 22.9 Å². The van der Waals surface area contributed by atoms with Gasteiger partial charge in [-0.05, 0) is 19.1 Å². The van der Waals surface area contributed by atoms with Gasteiger partial charge in [0.25, 0.3) is 0 Å². The van der Waals surface area contributed by atoms with Crippen molar-refractivity contribution in [1.82, 2.24) is 9.97 Å². The van der Waals surface area contributed by atoms with Crippen LogP contribution >= 0.6 is 11.6 Å². The van der Waals surface area contributed by atoms with Gasteiger partial charge >= 0.3 is 0 Å². The van der Waals surface area contributed by atoms with Crippen molar-refractivity contribution >= 4 is 23.6 Å². The van der Waals surface area contributed by atoms with Crippen molar-refractivity contribution in [1.29, 1.82) is 0 Å². The van der Waals surface area contributed by atoms with Crippen molar-refractivity contribution in [3.63, 3.8) is 0 Å². The van der Waals surface area contributed by atoms with Crippen molar-refractivity contribution in [2.45, 2.75) is 6.92 Å². The Bertz CT molecular complexity index is 917. The molecule has 0 amide bonds. The normalized spacial score (nSPS) is 10.8. The lowest BCUT2D eigenvalue weighted by molar-refractivity contribution is 0.337. The van der Waals surface area contributed by atoms with Crippen LogP contribution < -0.4 is 10.2 Å². The number of benzene rings is 2. The summed E-state index contributed by atoms with van der Waals surface area (Å²) in [5.41, 5.74) is 4.20. The lowest BCUT2D eigenvalue weighted by Crippen LogP contribution is -1.98. The Kier molecular flexibility index (Phi) is 5.66. The third kappa shape index (κ3) is 4.49. The summed E-state index contributed by atoms with van der Waals surface area (Å²) in [6.45, 7) is 2.42. The predicted octanol–water partition coefficient (Wildman–Crippen LogP) is 4.35. The van der Waals surface area contributed by atoms with E-state index in [1.165, 1.54) is 6.21 Å². The number of hydrazone groups is 1. The van der Waals surface area contributed by atoms with E-state index in [-0.39, 0.29) is 5.75 Å². The summed E-state index contributed by atoms with van der Waals surface area (Å²) < 4.78 is 5.33. The van der Waals surface area contributed by atoms with Gasteiger partial charge in [-0.15, -0.1) is 0 Å². The fraction of sp³-hybridized carbons (Fsp3) is 0.105. The zero-order chi connectivity index (χ0) is 18.4. The van der Waals surface area contributed by atoms with Crippen LogP contribution in [-0.4, -0.2) is 27.9 Å². The molecule has 1 heterocycles. The van der Waals surface area contributed by atoms with Crippen LogP contribution in [0.3, 0.4) is 0 Å². The van der Waals surface area contributed by atoms with Gasteiger partial charge in [-0.3, -0.25) is 5.43 Å². The van der Waals surface area contributed by atoms with Crippen LogP contribution in [0.25, 0.3) is 11.4 Å². The smallest absolute Gasteiger partial charge is 0.163 e. The molecule has 0 saturated heterocycles. The van der Waals surface area contributed by atoms with E-state index >= 15 is 0 Å². The molecule has 132 valence electrons. The number of aromatic nitrogens is 2. The first-order valence-electron chi connectivity index (χ1n) is 8.00. The molecule has 0 bridgehead atoms. The molecule has 0 radical (unpaired) electrons. The SMILES string of the molecule is CCOc1ccc(C=NNc2cc(Cl)nc(-c3ccccc3)n2)c(O)c1. The number of hydrogen-bond donors (Lipinski definition) is 2. The summed E-state index contributed by atoms with van der Waals surface area (Å²) >= 11 is 6.07. The van der Waals surface area contributed by atoms with Gasteiger partial charge < -0.3 is 9.84 Å². The standard InChI is InChI=1S/C19H17ClN4O2/c1-2-26-15-9-8-14(16(25)10-15)12-21-24-18-11-17(20)22-19(23-18)13-6-4-3-5-7-13/h3-12,25H,2H2,1H3,(H,22,23,24). The van der Waals surface area contributed by atoms with E-state index in [9.17, 15) is 5.11 Å².